The number of thiocarbonyl (C=S) groups is 1. The molecule has 3 aromatic heterocycles. The summed E-state index contributed by atoms with van der Waals surface area (Å²) in [7, 11) is 1.53. The number of fused-ring (bicyclic) bond motifs is 1. The van der Waals surface area contributed by atoms with Crippen LogP contribution >= 0.6 is 35.6 Å². The van der Waals surface area contributed by atoms with Crippen LogP contribution in [0, 0.1) is 0 Å². The number of rotatable bonds is 3. The van der Waals surface area contributed by atoms with Crippen molar-refractivity contribution in [2.45, 2.75) is 0 Å². The number of carbonyl (C=O) groups is 1. The average Bonchev–Trinajstić information content (AvgIpc) is 3.17. The first-order valence-electron chi connectivity index (χ1n) is 7.37. The molecule has 1 amide bonds. The van der Waals surface area contributed by atoms with E-state index in [-0.39, 0.29) is 11.1 Å². The van der Waals surface area contributed by atoms with Crippen LogP contribution in [0.4, 0.5) is 0 Å². The number of halogens is 1. The topological polar surface area (TPSA) is 77.2 Å². The van der Waals surface area contributed by atoms with E-state index in [9.17, 15) is 4.79 Å². The van der Waals surface area contributed by atoms with E-state index in [1.54, 1.807) is 30.7 Å². The van der Waals surface area contributed by atoms with Crippen molar-refractivity contribution in [1.29, 1.82) is 0 Å². The van der Waals surface area contributed by atoms with Crippen LogP contribution in [0.25, 0.3) is 28.2 Å². The fourth-order valence-corrected chi connectivity index (χ4v) is 3.73. The smallest absolute Gasteiger partial charge is 0.263 e. The number of nitrogens with zero attached hydrogens (tertiary/aromatic N) is 2. The third-order valence-corrected chi connectivity index (χ3v) is 5.14. The molecule has 0 bridgehead atoms. The van der Waals surface area contributed by atoms with E-state index < -0.39 is 0 Å². The highest BCUT2D eigenvalue weighted by Gasteiger charge is 2.23. The summed E-state index contributed by atoms with van der Waals surface area (Å²) in [5, 5.41) is 3.65. The Bertz CT molecular complexity index is 1090. The average molecular weight is 404 g/mol. The Hall–Kier alpha value is -2.42. The minimum Gasteiger partial charge on any atom is -0.494 e. The predicted molar refractivity (Wildman–Crippen MR) is 105 cm³/mol. The largest absolute Gasteiger partial charge is 0.494 e. The molecule has 1 aliphatic heterocycles. The molecule has 6 nitrogen and oxygen atoms in total. The normalized spacial score (nSPS) is 15.7. The van der Waals surface area contributed by atoms with Crippen molar-refractivity contribution in [1.82, 2.24) is 15.3 Å². The third-order valence-electron chi connectivity index (χ3n) is 3.69. The molecule has 1 saturated heterocycles. The summed E-state index contributed by atoms with van der Waals surface area (Å²) < 4.78 is 11.6. The highest BCUT2D eigenvalue weighted by atomic mass is 35.5. The van der Waals surface area contributed by atoms with Crippen molar-refractivity contribution in [3.05, 3.63) is 46.5 Å². The van der Waals surface area contributed by atoms with Gasteiger partial charge in [-0.2, -0.15) is 0 Å². The van der Waals surface area contributed by atoms with E-state index in [4.69, 9.17) is 33.0 Å². The second-order valence-corrected chi connectivity index (χ2v) is 7.40. The fraction of sp³-hybridized carbons (Fsp3) is 0.0588. The van der Waals surface area contributed by atoms with Gasteiger partial charge in [-0.25, -0.2) is 4.98 Å². The molecule has 0 spiro atoms. The monoisotopic (exact) mass is 403 g/mol. The number of methoxy groups -OCH3 is 1. The molecule has 1 N–H and O–H groups in total. The maximum absolute atomic E-state index is 11.8. The predicted octanol–water partition coefficient (Wildman–Crippen LogP) is 4.04. The molecule has 4 rings (SSSR count). The van der Waals surface area contributed by atoms with E-state index in [2.05, 4.69) is 15.3 Å². The lowest BCUT2D eigenvalue weighted by Gasteiger charge is -2.06. The molecule has 0 unspecified atom stereocenters. The van der Waals surface area contributed by atoms with Gasteiger partial charge < -0.3 is 14.5 Å². The highest BCUT2D eigenvalue weighted by Crippen LogP contribution is 2.34. The molecular formula is C17H10ClN3O3S2. The summed E-state index contributed by atoms with van der Waals surface area (Å²) in [4.78, 5) is 20.7. The zero-order valence-electron chi connectivity index (χ0n) is 13.3. The van der Waals surface area contributed by atoms with Crippen LogP contribution in [0.2, 0.25) is 5.15 Å². The maximum Gasteiger partial charge on any atom is 0.263 e. The lowest BCUT2D eigenvalue weighted by molar-refractivity contribution is -0.115. The van der Waals surface area contributed by atoms with Gasteiger partial charge in [0, 0.05) is 41.2 Å². The van der Waals surface area contributed by atoms with Gasteiger partial charge in [0.15, 0.2) is 10.9 Å². The van der Waals surface area contributed by atoms with Crippen molar-refractivity contribution < 1.29 is 13.9 Å². The Kier molecular flexibility index (Phi) is 4.39. The number of pyridine rings is 2. The standard InChI is InChI=1S/C17H10ClN3O3S2/c1-23-12-3-8(6-20-15(12)18)11-7-19-5-9-2-10(24-14(9)11)4-13-16(22)21-17(25)26-13/h2-7H,1H3,(H,21,22,25)/b13-4-. The number of ether oxygens (including phenoxy) is 1. The summed E-state index contributed by atoms with van der Waals surface area (Å²) in [6.45, 7) is 0. The lowest BCUT2D eigenvalue weighted by atomic mass is 10.1. The van der Waals surface area contributed by atoms with Crippen LogP contribution in [-0.4, -0.2) is 27.3 Å². The molecule has 9 heteroatoms. The van der Waals surface area contributed by atoms with E-state index in [0.717, 1.165) is 16.5 Å². The van der Waals surface area contributed by atoms with E-state index in [0.29, 0.717) is 26.3 Å². The van der Waals surface area contributed by atoms with Crippen LogP contribution < -0.4 is 10.1 Å². The first kappa shape index (κ1) is 17.0. The van der Waals surface area contributed by atoms with E-state index in [1.807, 2.05) is 6.07 Å². The van der Waals surface area contributed by atoms with Crippen LogP contribution in [0.5, 0.6) is 5.75 Å². The van der Waals surface area contributed by atoms with Gasteiger partial charge in [-0.3, -0.25) is 9.78 Å². The van der Waals surface area contributed by atoms with Crippen LogP contribution in [0.1, 0.15) is 5.76 Å². The Morgan fingerprint density at radius 2 is 2.19 bits per heavy atom. The zero-order chi connectivity index (χ0) is 18.3. The van der Waals surface area contributed by atoms with Crippen molar-refractivity contribution >= 4 is 62.9 Å². The number of aromatic nitrogens is 2. The van der Waals surface area contributed by atoms with Crippen LogP contribution in [0.3, 0.4) is 0 Å². The Balaban J connectivity index is 1.81. The summed E-state index contributed by atoms with van der Waals surface area (Å²) in [5.74, 6) is 0.763. The second-order valence-electron chi connectivity index (χ2n) is 5.32. The molecule has 130 valence electrons. The molecule has 0 atom stereocenters. The lowest BCUT2D eigenvalue weighted by Crippen LogP contribution is -2.17. The number of hydrogen-bond donors (Lipinski definition) is 1. The molecule has 1 fully saturated rings. The second kappa shape index (κ2) is 6.71. The van der Waals surface area contributed by atoms with Crippen molar-refractivity contribution in [3.8, 4) is 16.9 Å². The van der Waals surface area contributed by atoms with Gasteiger partial charge in [0.1, 0.15) is 15.7 Å². The van der Waals surface area contributed by atoms with Crippen molar-refractivity contribution in [2.24, 2.45) is 0 Å². The number of furan rings is 1. The first-order valence-corrected chi connectivity index (χ1v) is 8.98. The van der Waals surface area contributed by atoms with E-state index in [1.165, 1.54) is 18.9 Å². The molecule has 0 aromatic carbocycles. The highest BCUT2D eigenvalue weighted by molar-refractivity contribution is 8.26. The summed E-state index contributed by atoms with van der Waals surface area (Å²) in [6, 6.07) is 3.58. The zero-order valence-corrected chi connectivity index (χ0v) is 15.7. The molecule has 3 aromatic rings. The SMILES string of the molecule is COc1cc(-c2cncc3cc(/C=C4\SC(=S)NC4=O)oc23)cnc1Cl. The first-order chi connectivity index (χ1) is 12.5. The molecule has 0 aliphatic carbocycles. The number of hydrogen-bond acceptors (Lipinski definition) is 7. The summed E-state index contributed by atoms with van der Waals surface area (Å²) in [6.07, 6.45) is 6.65. The van der Waals surface area contributed by atoms with Gasteiger partial charge in [0.25, 0.3) is 5.91 Å². The fourth-order valence-electron chi connectivity index (χ4n) is 2.53. The van der Waals surface area contributed by atoms with Crippen LogP contribution in [-0.2, 0) is 4.79 Å². The molecular weight excluding hydrogens is 394 g/mol. The van der Waals surface area contributed by atoms with Gasteiger partial charge in [-0.05, 0) is 12.1 Å². The number of nitrogens with one attached hydrogen (secondary N) is 1. The quantitative estimate of drug-likeness (QED) is 0.401. The minimum absolute atomic E-state index is 0.231. The van der Waals surface area contributed by atoms with Crippen molar-refractivity contribution in [3.63, 3.8) is 0 Å². The Morgan fingerprint density at radius 3 is 2.92 bits per heavy atom. The molecule has 0 saturated carbocycles. The van der Waals surface area contributed by atoms with Gasteiger partial charge >= 0.3 is 0 Å². The van der Waals surface area contributed by atoms with Gasteiger partial charge in [-0.1, -0.05) is 35.6 Å². The minimum atomic E-state index is -0.231. The van der Waals surface area contributed by atoms with Gasteiger partial charge in [0.05, 0.1) is 12.0 Å². The maximum atomic E-state index is 11.8. The summed E-state index contributed by atoms with van der Waals surface area (Å²) in [5.41, 5.74) is 2.13. The van der Waals surface area contributed by atoms with Crippen molar-refractivity contribution in [2.75, 3.05) is 7.11 Å². The van der Waals surface area contributed by atoms with E-state index >= 15 is 0 Å². The molecule has 4 heterocycles. The van der Waals surface area contributed by atoms with Gasteiger partial charge in [-0.15, -0.1) is 0 Å². The number of thioether (sulfide) groups is 1. The molecule has 0 radical (unpaired) electrons. The van der Waals surface area contributed by atoms with Gasteiger partial charge in [0.2, 0.25) is 0 Å². The number of carbonyl (C=O) groups excluding carboxylic acids is 1. The summed E-state index contributed by atoms with van der Waals surface area (Å²) >= 11 is 12.2. The Labute approximate surface area is 162 Å². The number of amides is 1. The molecule has 26 heavy (non-hydrogen) atoms. The van der Waals surface area contributed by atoms with Crippen LogP contribution in [0.15, 0.2) is 40.0 Å². The third kappa shape index (κ3) is 3.07. The Morgan fingerprint density at radius 1 is 1.35 bits per heavy atom. The molecule has 1 aliphatic rings.